The highest BCUT2D eigenvalue weighted by Gasteiger charge is 2.30. The standard InChI is InChI=1S/C25H24N4OS/c1-17(20-14-11-18-7-5-6-8-21(18)15-20)26-23(30)16-31-25-27-24(19-12-13-19)29(28-25)22-9-3-2-4-10-22/h2-11,14-15,17,19H,12-13,16H2,1H3,(H,26,30)/t17-/m1/s1. The summed E-state index contributed by atoms with van der Waals surface area (Å²) >= 11 is 1.39. The fourth-order valence-corrected chi connectivity index (χ4v) is 4.35. The number of rotatable bonds is 7. The van der Waals surface area contributed by atoms with Gasteiger partial charge in [-0.15, -0.1) is 5.10 Å². The third kappa shape index (κ3) is 4.49. The zero-order valence-electron chi connectivity index (χ0n) is 17.4. The number of carbonyl (C=O) groups excluding carboxylic acids is 1. The highest BCUT2D eigenvalue weighted by molar-refractivity contribution is 7.99. The second-order valence-corrected chi connectivity index (χ2v) is 8.90. The van der Waals surface area contributed by atoms with Gasteiger partial charge in [0.2, 0.25) is 11.1 Å². The van der Waals surface area contributed by atoms with Gasteiger partial charge in [0, 0.05) is 5.92 Å². The fraction of sp³-hybridized carbons (Fsp3) is 0.240. The van der Waals surface area contributed by atoms with E-state index >= 15 is 0 Å². The van der Waals surface area contributed by atoms with Crippen molar-refractivity contribution in [3.8, 4) is 5.69 Å². The van der Waals surface area contributed by atoms with Crippen LogP contribution in [0.1, 0.15) is 43.1 Å². The number of benzene rings is 3. The Labute approximate surface area is 185 Å². The topological polar surface area (TPSA) is 59.8 Å². The lowest BCUT2D eigenvalue weighted by atomic mass is 10.0. The monoisotopic (exact) mass is 428 g/mol. The number of carbonyl (C=O) groups is 1. The van der Waals surface area contributed by atoms with Crippen molar-refractivity contribution in [2.75, 3.05) is 5.75 Å². The number of nitrogens with zero attached hydrogens (tertiary/aromatic N) is 3. The quantitative estimate of drug-likeness (QED) is 0.408. The number of aromatic nitrogens is 3. The largest absolute Gasteiger partial charge is 0.349 e. The average molecular weight is 429 g/mol. The summed E-state index contributed by atoms with van der Waals surface area (Å²) in [4.78, 5) is 17.3. The van der Waals surface area contributed by atoms with Gasteiger partial charge < -0.3 is 5.32 Å². The molecular formula is C25H24N4OS. The molecule has 0 aliphatic heterocycles. The van der Waals surface area contributed by atoms with Crippen LogP contribution < -0.4 is 5.32 Å². The van der Waals surface area contributed by atoms with Crippen LogP contribution in [-0.2, 0) is 4.79 Å². The molecule has 1 saturated carbocycles. The molecule has 1 fully saturated rings. The van der Waals surface area contributed by atoms with Crippen LogP contribution in [0.5, 0.6) is 0 Å². The molecule has 5 nitrogen and oxygen atoms in total. The number of thioether (sulfide) groups is 1. The van der Waals surface area contributed by atoms with E-state index in [1.54, 1.807) is 0 Å². The van der Waals surface area contributed by atoms with Crippen LogP contribution in [0.25, 0.3) is 16.5 Å². The maximum atomic E-state index is 12.6. The molecule has 1 heterocycles. The van der Waals surface area contributed by atoms with Crippen LogP contribution >= 0.6 is 11.8 Å². The first-order valence-electron chi connectivity index (χ1n) is 10.6. The molecule has 0 saturated heterocycles. The Balaban J connectivity index is 1.24. The average Bonchev–Trinajstić information content (AvgIpc) is 3.57. The number of para-hydroxylation sites is 1. The first-order chi connectivity index (χ1) is 15.2. The van der Waals surface area contributed by atoms with Gasteiger partial charge in [-0.3, -0.25) is 4.79 Å². The lowest BCUT2D eigenvalue weighted by Gasteiger charge is -2.14. The predicted molar refractivity (Wildman–Crippen MR) is 125 cm³/mol. The van der Waals surface area contributed by atoms with Crippen molar-refractivity contribution in [1.29, 1.82) is 0 Å². The summed E-state index contributed by atoms with van der Waals surface area (Å²) < 4.78 is 1.93. The summed E-state index contributed by atoms with van der Waals surface area (Å²) in [6, 6.07) is 24.6. The minimum Gasteiger partial charge on any atom is -0.349 e. The first-order valence-corrected chi connectivity index (χ1v) is 11.6. The van der Waals surface area contributed by atoms with Crippen LogP contribution in [0.4, 0.5) is 0 Å². The van der Waals surface area contributed by atoms with E-state index in [1.165, 1.54) is 22.5 Å². The third-order valence-electron chi connectivity index (χ3n) is 5.54. The molecule has 156 valence electrons. The Morgan fingerprint density at radius 2 is 1.81 bits per heavy atom. The van der Waals surface area contributed by atoms with E-state index in [4.69, 9.17) is 4.98 Å². The van der Waals surface area contributed by atoms with Gasteiger partial charge in [0.1, 0.15) is 5.82 Å². The summed E-state index contributed by atoms with van der Waals surface area (Å²) in [5, 5.41) is 10.8. The molecule has 4 aromatic rings. The zero-order chi connectivity index (χ0) is 21.2. The van der Waals surface area contributed by atoms with Gasteiger partial charge in [0.25, 0.3) is 0 Å². The van der Waals surface area contributed by atoms with E-state index in [2.05, 4.69) is 40.7 Å². The van der Waals surface area contributed by atoms with Crippen LogP contribution in [0.2, 0.25) is 0 Å². The molecule has 1 N–H and O–H groups in total. The van der Waals surface area contributed by atoms with E-state index in [-0.39, 0.29) is 11.9 Å². The molecule has 1 aliphatic rings. The molecule has 31 heavy (non-hydrogen) atoms. The molecule has 1 amide bonds. The highest BCUT2D eigenvalue weighted by atomic mass is 32.2. The van der Waals surface area contributed by atoms with E-state index in [1.807, 2.05) is 54.1 Å². The summed E-state index contributed by atoms with van der Waals surface area (Å²) in [6.45, 7) is 2.01. The molecule has 0 radical (unpaired) electrons. The van der Waals surface area contributed by atoms with Crippen molar-refractivity contribution in [1.82, 2.24) is 20.1 Å². The summed E-state index contributed by atoms with van der Waals surface area (Å²) in [5.74, 6) is 1.75. The van der Waals surface area contributed by atoms with Gasteiger partial charge in [-0.2, -0.15) is 0 Å². The normalized spacial score (nSPS) is 14.5. The molecule has 6 heteroatoms. The van der Waals surface area contributed by atoms with Gasteiger partial charge in [-0.05, 0) is 54.3 Å². The molecule has 1 aromatic heterocycles. The van der Waals surface area contributed by atoms with Crippen molar-refractivity contribution in [3.05, 3.63) is 84.2 Å². The van der Waals surface area contributed by atoms with Crippen LogP contribution in [-0.4, -0.2) is 26.4 Å². The van der Waals surface area contributed by atoms with Gasteiger partial charge in [-0.1, -0.05) is 66.4 Å². The molecule has 0 bridgehead atoms. The van der Waals surface area contributed by atoms with Crippen molar-refractivity contribution >= 4 is 28.4 Å². The van der Waals surface area contributed by atoms with Crippen molar-refractivity contribution < 1.29 is 4.79 Å². The lowest BCUT2D eigenvalue weighted by Crippen LogP contribution is -2.28. The van der Waals surface area contributed by atoms with E-state index in [0.29, 0.717) is 16.8 Å². The molecule has 3 aromatic carbocycles. The lowest BCUT2D eigenvalue weighted by molar-refractivity contribution is -0.119. The second-order valence-electron chi connectivity index (χ2n) is 7.96. The van der Waals surface area contributed by atoms with Gasteiger partial charge in [-0.25, -0.2) is 9.67 Å². The summed E-state index contributed by atoms with van der Waals surface area (Å²) in [7, 11) is 0. The maximum Gasteiger partial charge on any atom is 0.230 e. The Bertz CT molecular complexity index is 1220. The van der Waals surface area contributed by atoms with Crippen molar-refractivity contribution in [2.45, 2.75) is 36.9 Å². The molecule has 0 unspecified atom stereocenters. The Morgan fingerprint density at radius 1 is 1.06 bits per heavy atom. The van der Waals surface area contributed by atoms with Crippen LogP contribution in [0.15, 0.2) is 78.0 Å². The third-order valence-corrected chi connectivity index (χ3v) is 6.38. The fourth-order valence-electron chi connectivity index (χ4n) is 3.70. The Morgan fingerprint density at radius 3 is 2.58 bits per heavy atom. The SMILES string of the molecule is C[C@@H](NC(=O)CSc1nc(C2CC2)n(-c2ccccc2)n1)c1ccc2ccccc2c1. The second kappa shape index (κ2) is 8.55. The number of fused-ring (bicyclic) bond motifs is 1. The molecule has 0 spiro atoms. The minimum absolute atomic E-state index is 0.0188. The number of nitrogens with one attached hydrogen (secondary N) is 1. The smallest absolute Gasteiger partial charge is 0.230 e. The molecule has 5 rings (SSSR count). The summed E-state index contributed by atoms with van der Waals surface area (Å²) in [6.07, 6.45) is 2.30. The molecular weight excluding hydrogens is 404 g/mol. The zero-order valence-corrected chi connectivity index (χ0v) is 18.2. The first kappa shape index (κ1) is 19.8. The minimum atomic E-state index is -0.0606. The van der Waals surface area contributed by atoms with E-state index in [0.717, 1.165) is 29.9 Å². The number of hydrogen-bond donors (Lipinski definition) is 1. The molecule has 1 aliphatic carbocycles. The van der Waals surface area contributed by atoms with Crippen LogP contribution in [0.3, 0.4) is 0 Å². The Kier molecular flexibility index (Phi) is 5.47. The van der Waals surface area contributed by atoms with E-state index < -0.39 is 0 Å². The number of hydrogen-bond acceptors (Lipinski definition) is 4. The van der Waals surface area contributed by atoms with Gasteiger partial charge >= 0.3 is 0 Å². The summed E-state index contributed by atoms with van der Waals surface area (Å²) in [5.41, 5.74) is 2.11. The van der Waals surface area contributed by atoms with Crippen molar-refractivity contribution in [3.63, 3.8) is 0 Å². The Hall–Kier alpha value is -3.12. The van der Waals surface area contributed by atoms with Gasteiger partial charge in [0.15, 0.2) is 0 Å². The van der Waals surface area contributed by atoms with Gasteiger partial charge in [0.05, 0.1) is 17.5 Å². The highest BCUT2D eigenvalue weighted by Crippen LogP contribution is 2.40. The van der Waals surface area contributed by atoms with Crippen LogP contribution in [0, 0.1) is 0 Å². The molecule has 1 atom stereocenters. The number of amides is 1. The van der Waals surface area contributed by atoms with Crippen molar-refractivity contribution in [2.24, 2.45) is 0 Å². The maximum absolute atomic E-state index is 12.6. The predicted octanol–water partition coefficient (Wildman–Crippen LogP) is 5.27. The van der Waals surface area contributed by atoms with E-state index in [9.17, 15) is 4.79 Å².